The lowest BCUT2D eigenvalue weighted by Crippen LogP contribution is -2.28. The number of carbonyl (C=O) groups is 1. The number of carbonyl (C=O) groups excluding carboxylic acids is 1. The van der Waals surface area contributed by atoms with Crippen LogP contribution in [0.25, 0.3) is 0 Å². The van der Waals surface area contributed by atoms with Crippen LogP contribution in [-0.2, 0) is 17.9 Å². The monoisotopic (exact) mass is 489 g/mol. The fraction of sp³-hybridized carbons (Fsp3) is 0.250. The predicted molar refractivity (Wildman–Crippen MR) is 121 cm³/mol. The third-order valence-electron chi connectivity index (χ3n) is 4.59. The molecule has 3 aromatic heterocycles. The minimum Gasteiger partial charge on any atom is -0.368 e. The molecule has 0 bridgehead atoms. The van der Waals surface area contributed by atoms with E-state index in [0.29, 0.717) is 24.5 Å². The first-order valence-electron chi connectivity index (χ1n) is 9.08. The van der Waals surface area contributed by atoms with Crippen LogP contribution in [0.5, 0.6) is 0 Å². The number of rotatable bonds is 7. The van der Waals surface area contributed by atoms with Crippen molar-refractivity contribution in [3.05, 3.63) is 62.7 Å². The summed E-state index contributed by atoms with van der Waals surface area (Å²) in [5.41, 5.74) is 9.83. The minimum atomic E-state index is -0.0217. The molecule has 3 heterocycles. The quantitative estimate of drug-likeness (QED) is 0.398. The Hall–Kier alpha value is -2.78. The SMILES string of the molecule is Cc1cnc(CN(C=O)c2nc(N)nc(Cl)c2N(C)Cc2ccccn2)c(C)c1Br. The molecule has 0 saturated heterocycles. The van der Waals surface area contributed by atoms with Gasteiger partial charge in [-0.15, -0.1) is 0 Å². The zero-order valence-electron chi connectivity index (χ0n) is 16.8. The molecule has 0 fully saturated rings. The van der Waals surface area contributed by atoms with Crippen LogP contribution in [0.15, 0.2) is 35.1 Å². The largest absolute Gasteiger partial charge is 0.368 e. The number of nitrogens with two attached hydrogens (primary N) is 1. The van der Waals surface area contributed by atoms with E-state index in [9.17, 15) is 4.79 Å². The van der Waals surface area contributed by atoms with Gasteiger partial charge < -0.3 is 10.6 Å². The van der Waals surface area contributed by atoms with Gasteiger partial charge in [-0.2, -0.15) is 9.97 Å². The first-order valence-corrected chi connectivity index (χ1v) is 10.3. The van der Waals surface area contributed by atoms with Crippen LogP contribution in [0.2, 0.25) is 5.15 Å². The molecule has 0 aliphatic rings. The molecule has 3 aromatic rings. The number of hydrogen-bond acceptors (Lipinski definition) is 7. The van der Waals surface area contributed by atoms with Gasteiger partial charge in [0.25, 0.3) is 0 Å². The van der Waals surface area contributed by atoms with Gasteiger partial charge in [-0.25, -0.2) is 0 Å². The smallest absolute Gasteiger partial charge is 0.223 e. The summed E-state index contributed by atoms with van der Waals surface area (Å²) in [6, 6.07) is 5.65. The Morgan fingerprint density at radius 3 is 2.63 bits per heavy atom. The zero-order valence-corrected chi connectivity index (χ0v) is 19.1. The molecule has 0 unspecified atom stereocenters. The van der Waals surface area contributed by atoms with Crippen molar-refractivity contribution in [2.45, 2.75) is 26.9 Å². The summed E-state index contributed by atoms with van der Waals surface area (Å²) in [6.07, 6.45) is 4.16. The van der Waals surface area contributed by atoms with E-state index in [2.05, 4.69) is 35.9 Å². The molecule has 0 atom stereocenters. The number of anilines is 3. The van der Waals surface area contributed by atoms with Crippen molar-refractivity contribution in [2.75, 3.05) is 22.6 Å². The predicted octanol–water partition coefficient (Wildman–Crippen LogP) is 3.68. The Morgan fingerprint density at radius 2 is 1.97 bits per heavy atom. The molecule has 10 heteroatoms. The molecule has 0 aliphatic heterocycles. The van der Waals surface area contributed by atoms with E-state index < -0.39 is 0 Å². The first kappa shape index (κ1) is 21.9. The standard InChI is InChI=1S/C20H21BrClN7O/c1-12-8-25-15(13(2)16(12)21)10-29(11-30)19-17(18(22)26-20(23)27-19)28(3)9-14-6-4-5-7-24-14/h4-8,11H,9-10H2,1-3H3,(H2,23,26,27). The molecular weight excluding hydrogens is 470 g/mol. The normalized spacial score (nSPS) is 10.7. The number of nitrogens with zero attached hydrogens (tertiary/aromatic N) is 6. The molecule has 0 aliphatic carbocycles. The molecule has 0 spiro atoms. The molecule has 156 valence electrons. The second-order valence-electron chi connectivity index (χ2n) is 6.78. The summed E-state index contributed by atoms with van der Waals surface area (Å²) in [7, 11) is 1.83. The van der Waals surface area contributed by atoms with Gasteiger partial charge in [-0.05, 0) is 37.1 Å². The summed E-state index contributed by atoms with van der Waals surface area (Å²) < 4.78 is 0.950. The highest BCUT2D eigenvalue weighted by Gasteiger charge is 2.23. The Labute approximate surface area is 188 Å². The lowest BCUT2D eigenvalue weighted by atomic mass is 10.1. The second kappa shape index (κ2) is 9.36. The second-order valence-corrected chi connectivity index (χ2v) is 7.93. The molecule has 0 aromatic carbocycles. The number of aromatic nitrogens is 4. The van der Waals surface area contributed by atoms with Crippen LogP contribution in [0, 0.1) is 13.8 Å². The van der Waals surface area contributed by atoms with E-state index in [1.807, 2.05) is 44.0 Å². The van der Waals surface area contributed by atoms with E-state index in [4.69, 9.17) is 17.3 Å². The number of amides is 1. The molecule has 3 rings (SSSR count). The summed E-state index contributed by atoms with van der Waals surface area (Å²) in [6.45, 7) is 4.55. The van der Waals surface area contributed by atoms with Crippen LogP contribution >= 0.6 is 27.5 Å². The maximum atomic E-state index is 12.0. The average molecular weight is 491 g/mol. The van der Waals surface area contributed by atoms with Gasteiger partial charge in [-0.3, -0.25) is 19.7 Å². The number of pyridine rings is 2. The Morgan fingerprint density at radius 1 is 1.20 bits per heavy atom. The summed E-state index contributed by atoms with van der Waals surface area (Å²) in [5, 5.41) is 0.151. The Bertz CT molecular complexity index is 1060. The average Bonchev–Trinajstić information content (AvgIpc) is 2.71. The van der Waals surface area contributed by atoms with Crippen LogP contribution in [0.3, 0.4) is 0 Å². The third-order valence-corrected chi connectivity index (χ3v) is 6.07. The highest BCUT2D eigenvalue weighted by Crippen LogP contribution is 2.35. The molecule has 1 amide bonds. The minimum absolute atomic E-state index is 0.0217. The highest BCUT2D eigenvalue weighted by atomic mass is 79.9. The highest BCUT2D eigenvalue weighted by molar-refractivity contribution is 9.10. The van der Waals surface area contributed by atoms with Crippen molar-refractivity contribution in [3.8, 4) is 0 Å². The molecule has 2 N–H and O–H groups in total. The molecule has 0 saturated carbocycles. The third kappa shape index (κ3) is 4.68. The van der Waals surface area contributed by atoms with E-state index >= 15 is 0 Å². The van der Waals surface area contributed by atoms with Crippen molar-refractivity contribution in [3.63, 3.8) is 0 Å². The Balaban J connectivity index is 2.01. The van der Waals surface area contributed by atoms with Crippen molar-refractivity contribution in [1.29, 1.82) is 0 Å². The van der Waals surface area contributed by atoms with Gasteiger partial charge in [0.05, 0.1) is 24.5 Å². The van der Waals surface area contributed by atoms with Crippen molar-refractivity contribution in [2.24, 2.45) is 0 Å². The van der Waals surface area contributed by atoms with E-state index in [-0.39, 0.29) is 17.6 Å². The van der Waals surface area contributed by atoms with Gasteiger partial charge in [0.1, 0.15) is 5.69 Å². The molecular formula is C20H21BrClN7O. The van der Waals surface area contributed by atoms with Crippen LogP contribution in [0.4, 0.5) is 17.5 Å². The first-order chi connectivity index (χ1) is 14.3. The number of aryl methyl sites for hydroxylation is 1. The van der Waals surface area contributed by atoms with Crippen molar-refractivity contribution >= 4 is 51.4 Å². The summed E-state index contributed by atoms with van der Waals surface area (Å²) >= 11 is 9.99. The van der Waals surface area contributed by atoms with E-state index in [1.165, 1.54) is 4.90 Å². The zero-order chi connectivity index (χ0) is 21.8. The molecule has 0 radical (unpaired) electrons. The summed E-state index contributed by atoms with van der Waals surface area (Å²) in [4.78, 5) is 32.5. The maximum Gasteiger partial charge on any atom is 0.223 e. The number of nitrogen functional groups attached to an aromatic ring is 1. The fourth-order valence-corrected chi connectivity index (χ4v) is 3.65. The van der Waals surface area contributed by atoms with Crippen LogP contribution in [0.1, 0.15) is 22.5 Å². The molecule has 8 nitrogen and oxygen atoms in total. The topological polar surface area (TPSA) is 101 Å². The fourth-order valence-electron chi connectivity index (χ4n) is 3.01. The van der Waals surface area contributed by atoms with Crippen molar-refractivity contribution < 1.29 is 4.79 Å². The van der Waals surface area contributed by atoms with E-state index in [1.54, 1.807) is 12.4 Å². The van der Waals surface area contributed by atoms with Gasteiger partial charge in [0, 0.05) is 23.9 Å². The van der Waals surface area contributed by atoms with Crippen LogP contribution in [-0.4, -0.2) is 33.4 Å². The van der Waals surface area contributed by atoms with Gasteiger partial charge in [0.2, 0.25) is 12.4 Å². The van der Waals surface area contributed by atoms with Crippen LogP contribution < -0.4 is 15.5 Å². The lowest BCUT2D eigenvalue weighted by Gasteiger charge is -2.26. The maximum absolute atomic E-state index is 12.0. The van der Waals surface area contributed by atoms with Crippen molar-refractivity contribution in [1.82, 2.24) is 19.9 Å². The molecule has 30 heavy (non-hydrogen) atoms. The Kier molecular flexibility index (Phi) is 6.84. The van der Waals surface area contributed by atoms with Gasteiger partial charge in [-0.1, -0.05) is 33.6 Å². The van der Waals surface area contributed by atoms with Gasteiger partial charge in [0.15, 0.2) is 11.0 Å². The van der Waals surface area contributed by atoms with Gasteiger partial charge >= 0.3 is 0 Å². The van der Waals surface area contributed by atoms with E-state index in [0.717, 1.165) is 27.0 Å². The summed E-state index contributed by atoms with van der Waals surface area (Å²) in [5.74, 6) is 0.283. The lowest BCUT2D eigenvalue weighted by molar-refractivity contribution is -0.107. The number of hydrogen-bond donors (Lipinski definition) is 1. The number of halogens is 2.